The Morgan fingerprint density at radius 1 is 1.50 bits per heavy atom. The first-order valence-electron chi connectivity index (χ1n) is 5.35. The second-order valence-electron chi connectivity index (χ2n) is 4.37. The minimum atomic E-state index is -0.900. The fraction of sp³-hybridized carbons (Fsp3) is 0.636. The number of rotatable bonds is 5. The topological polar surface area (TPSA) is 75.3 Å². The zero-order valence-corrected chi connectivity index (χ0v) is 9.79. The minimum absolute atomic E-state index is 0.0476. The first-order chi connectivity index (χ1) is 7.41. The summed E-state index contributed by atoms with van der Waals surface area (Å²) in [5, 5.41) is 22.7. The van der Waals surface area contributed by atoms with Crippen LogP contribution in [0.5, 0.6) is 0 Å². The Kier molecular flexibility index (Phi) is 4.06. The second-order valence-corrected chi connectivity index (χ2v) is 4.37. The third-order valence-corrected chi connectivity index (χ3v) is 2.53. The number of aromatic nitrogens is 2. The number of carboxylic acids is 1. The highest BCUT2D eigenvalue weighted by Crippen LogP contribution is 2.24. The summed E-state index contributed by atoms with van der Waals surface area (Å²) in [5.41, 5.74) is 0.669. The normalized spacial score (nSPS) is 15.1. The molecule has 0 aliphatic rings. The van der Waals surface area contributed by atoms with Crippen LogP contribution in [0.1, 0.15) is 44.9 Å². The summed E-state index contributed by atoms with van der Waals surface area (Å²) >= 11 is 0. The lowest BCUT2D eigenvalue weighted by Crippen LogP contribution is -2.13. The summed E-state index contributed by atoms with van der Waals surface area (Å²) in [6, 6.07) is 0.232. The molecule has 0 aromatic carbocycles. The van der Waals surface area contributed by atoms with Crippen LogP contribution >= 0.6 is 0 Å². The maximum absolute atomic E-state index is 10.5. The van der Waals surface area contributed by atoms with Gasteiger partial charge in [0.25, 0.3) is 0 Å². The van der Waals surface area contributed by atoms with Gasteiger partial charge in [0.1, 0.15) is 0 Å². The predicted molar refractivity (Wildman–Crippen MR) is 59.0 cm³/mol. The van der Waals surface area contributed by atoms with Gasteiger partial charge in [-0.25, -0.2) is 0 Å². The highest BCUT2D eigenvalue weighted by Gasteiger charge is 2.20. The number of hydrogen-bond donors (Lipinski definition) is 2. The monoisotopic (exact) mass is 226 g/mol. The molecule has 0 saturated carbocycles. The second kappa shape index (κ2) is 5.12. The van der Waals surface area contributed by atoms with Crippen molar-refractivity contribution in [1.82, 2.24) is 9.78 Å². The molecule has 0 bridgehead atoms. The Bertz CT molecular complexity index is 360. The number of nitrogens with zero attached hydrogens (tertiary/aromatic N) is 2. The molecule has 2 atom stereocenters. The molecule has 5 nitrogen and oxygen atoms in total. The van der Waals surface area contributed by atoms with E-state index in [0.717, 1.165) is 0 Å². The average molecular weight is 226 g/mol. The number of aliphatic hydroxyl groups excluding tert-OH is 1. The van der Waals surface area contributed by atoms with E-state index in [0.29, 0.717) is 5.56 Å². The van der Waals surface area contributed by atoms with Crippen LogP contribution in [-0.4, -0.2) is 26.0 Å². The molecule has 0 spiro atoms. The zero-order chi connectivity index (χ0) is 12.3. The van der Waals surface area contributed by atoms with Crippen LogP contribution in [0.3, 0.4) is 0 Å². The molecule has 1 aromatic rings. The maximum atomic E-state index is 10.5. The van der Waals surface area contributed by atoms with E-state index < -0.39 is 12.1 Å². The van der Waals surface area contributed by atoms with Crippen molar-refractivity contribution in [3.05, 3.63) is 18.0 Å². The van der Waals surface area contributed by atoms with Crippen LogP contribution in [0.25, 0.3) is 0 Å². The predicted octanol–water partition coefficient (Wildman–Crippen LogP) is 1.61. The summed E-state index contributed by atoms with van der Waals surface area (Å²) in [5.74, 6) is -1.22. The Morgan fingerprint density at radius 2 is 2.12 bits per heavy atom. The average Bonchev–Trinajstić information content (AvgIpc) is 2.64. The summed E-state index contributed by atoms with van der Waals surface area (Å²) in [4.78, 5) is 10.5. The van der Waals surface area contributed by atoms with Crippen molar-refractivity contribution in [3.8, 4) is 0 Å². The molecule has 0 radical (unpaired) electrons. The Labute approximate surface area is 94.7 Å². The van der Waals surface area contributed by atoms with Crippen molar-refractivity contribution in [1.29, 1.82) is 0 Å². The van der Waals surface area contributed by atoms with E-state index in [4.69, 9.17) is 5.11 Å². The molecule has 16 heavy (non-hydrogen) atoms. The van der Waals surface area contributed by atoms with Crippen molar-refractivity contribution < 1.29 is 15.0 Å². The van der Waals surface area contributed by atoms with Gasteiger partial charge in [-0.15, -0.1) is 0 Å². The zero-order valence-electron chi connectivity index (χ0n) is 9.79. The lowest BCUT2D eigenvalue weighted by molar-refractivity contribution is -0.139. The number of carbonyl (C=O) groups is 1. The highest BCUT2D eigenvalue weighted by atomic mass is 16.4. The van der Waals surface area contributed by atoms with Gasteiger partial charge >= 0.3 is 5.97 Å². The van der Waals surface area contributed by atoms with E-state index in [-0.39, 0.29) is 18.4 Å². The first kappa shape index (κ1) is 12.7. The highest BCUT2D eigenvalue weighted by molar-refractivity contribution is 5.67. The van der Waals surface area contributed by atoms with Gasteiger partial charge in [0, 0.05) is 17.8 Å². The Hall–Kier alpha value is -1.36. The largest absolute Gasteiger partial charge is 0.481 e. The van der Waals surface area contributed by atoms with Gasteiger partial charge in [-0.2, -0.15) is 5.10 Å². The minimum Gasteiger partial charge on any atom is -0.481 e. The molecule has 0 aliphatic heterocycles. The first-order valence-corrected chi connectivity index (χ1v) is 5.35. The molecule has 1 aromatic heterocycles. The molecular formula is C11H18N2O3. The summed E-state index contributed by atoms with van der Waals surface area (Å²) in [6.45, 7) is 5.69. The lowest BCUT2D eigenvalue weighted by Gasteiger charge is -2.15. The molecule has 1 heterocycles. The van der Waals surface area contributed by atoms with Crippen LogP contribution in [0.4, 0.5) is 0 Å². The van der Waals surface area contributed by atoms with E-state index in [1.165, 1.54) is 0 Å². The molecule has 2 N–H and O–H groups in total. The van der Waals surface area contributed by atoms with E-state index in [2.05, 4.69) is 5.10 Å². The van der Waals surface area contributed by atoms with E-state index in [1.807, 2.05) is 13.8 Å². The Morgan fingerprint density at radius 3 is 2.56 bits per heavy atom. The Balaban J connectivity index is 2.71. The SMILES string of the molecule is CC(CC(=O)O)C(O)c1cnn(C(C)C)c1. The van der Waals surface area contributed by atoms with E-state index >= 15 is 0 Å². The van der Waals surface area contributed by atoms with Crippen LogP contribution in [0.15, 0.2) is 12.4 Å². The molecule has 2 unspecified atom stereocenters. The van der Waals surface area contributed by atoms with Gasteiger partial charge in [-0.3, -0.25) is 9.48 Å². The number of hydrogen-bond acceptors (Lipinski definition) is 3. The van der Waals surface area contributed by atoms with Crippen LogP contribution in [-0.2, 0) is 4.79 Å². The third-order valence-electron chi connectivity index (χ3n) is 2.53. The smallest absolute Gasteiger partial charge is 0.303 e. The van der Waals surface area contributed by atoms with Crippen LogP contribution < -0.4 is 0 Å². The number of aliphatic hydroxyl groups is 1. The van der Waals surface area contributed by atoms with E-state index in [1.54, 1.807) is 24.0 Å². The van der Waals surface area contributed by atoms with Crippen molar-refractivity contribution in [2.75, 3.05) is 0 Å². The van der Waals surface area contributed by atoms with Crippen molar-refractivity contribution in [2.24, 2.45) is 5.92 Å². The van der Waals surface area contributed by atoms with Crippen molar-refractivity contribution in [2.45, 2.75) is 39.3 Å². The summed E-state index contributed by atoms with van der Waals surface area (Å²) < 4.78 is 1.74. The van der Waals surface area contributed by atoms with Crippen molar-refractivity contribution in [3.63, 3.8) is 0 Å². The molecule has 0 fully saturated rings. The van der Waals surface area contributed by atoms with Crippen LogP contribution in [0.2, 0.25) is 0 Å². The molecule has 0 amide bonds. The standard InChI is InChI=1S/C11H18N2O3/c1-7(2)13-6-9(5-12-13)11(16)8(3)4-10(14)15/h5-8,11,16H,4H2,1-3H3,(H,14,15). The number of aliphatic carboxylic acids is 1. The molecule has 1 rings (SSSR count). The van der Waals surface area contributed by atoms with Crippen LogP contribution in [0, 0.1) is 5.92 Å². The van der Waals surface area contributed by atoms with Gasteiger partial charge in [-0.1, -0.05) is 6.92 Å². The van der Waals surface area contributed by atoms with Gasteiger partial charge in [-0.05, 0) is 19.8 Å². The quantitative estimate of drug-likeness (QED) is 0.799. The maximum Gasteiger partial charge on any atom is 0.303 e. The number of carboxylic acid groups (broad SMARTS) is 1. The van der Waals surface area contributed by atoms with Gasteiger partial charge in [0.2, 0.25) is 0 Å². The van der Waals surface area contributed by atoms with Gasteiger partial charge in [0.05, 0.1) is 18.7 Å². The fourth-order valence-electron chi connectivity index (χ4n) is 1.50. The molecule has 5 heteroatoms. The van der Waals surface area contributed by atoms with E-state index in [9.17, 15) is 9.90 Å². The summed E-state index contributed by atoms with van der Waals surface area (Å²) in [6.07, 6.45) is 2.52. The summed E-state index contributed by atoms with van der Waals surface area (Å²) in [7, 11) is 0. The van der Waals surface area contributed by atoms with Gasteiger partial charge in [0.15, 0.2) is 0 Å². The lowest BCUT2D eigenvalue weighted by atomic mass is 9.97. The van der Waals surface area contributed by atoms with Crippen molar-refractivity contribution >= 4 is 5.97 Å². The third kappa shape index (κ3) is 3.06. The fourth-order valence-corrected chi connectivity index (χ4v) is 1.50. The molecule has 0 saturated heterocycles. The molecule has 0 aliphatic carbocycles. The van der Waals surface area contributed by atoms with Gasteiger partial charge < -0.3 is 10.2 Å². The molecule has 90 valence electrons. The molecular weight excluding hydrogens is 208 g/mol.